The van der Waals surface area contributed by atoms with Gasteiger partial charge in [-0.05, 0) is 44.1 Å². The molecular formula is C12H19N3. The van der Waals surface area contributed by atoms with Gasteiger partial charge in [0, 0.05) is 19.6 Å². The Kier molecular flexibility index (Phi) is 2.28. The van der Waals surface area contributed by atoms with E-state index in [1.807, 2.05) is 0 Å². The molecule has 0 amide bonds. The lowest BCUT2D eigenvalue weighted by atomic mass is 9.96. The highest BCUT2D eigenvalue weighted by Crippen LogP contribution is 2.25. The van der Waals surface area contributed by atoms with Crippen molar-refractivity contribution in [2.45, 2.75) is 51.1 Å². The summed E-state index contributed by atoms with van der Waals surface area (Å²) < 4.78 is 2.09. The van der Waals surface area contributed by atoms with Gasteiger partial charge in [-0.2, -0.15) is 5.10 Å². The number of rotatable bonds is 3. The van der Waals surface area contributed by atoms with E-state index in [9.17, 15) is 0 Å². The number of aryl methyl sites for hydroxylation is 2. The SMILES string of the molecule is Cn1nc2c(c1CNC1CC1)CCCC2. The van der Waals surface area contributed by atoms with E-state index in [2.05, 4.69) is 22.1 Å². The van der Waals surface area contributed by atoms with Gasteiger partial charge >= 0.3 is 0 Å². The second-order valence-electron chi connectivity index (χ2n) is 4.86. The highest BCUT2D eigenvalue weighted by molar-refractivity contribution is 5.28. The number of aromatic nitrogens is 2. The summed E-state index contributed by atoms with van der Waals surface area (Å²) in [6, 6.07) is 0.791. The monoisotopic (exact) mass is 205 g/mol. The molecular weight excluding hydrogens is 186 g/mol. The molecule has 1 N–H and O–H groups in total. The summed E-state index contributed by atoms with van der Waals surface area (Å²) >= 11 is 0. The highest BCUT2D eigenvalue weighted by atomic mass is 15.3. The predicted octanol–water partition coefficient (Wildman–Crippen LogP) is 1.55. The fourth-order valence-corrected chi connectivity index (χ4v) is 2.50. The van der Waals surface area contributed by atoms with Gasteiger partial charge in [-0.1, -0.05) is 0 Å². The van der Waals surface area contributed by atoms with Crippen LogP contribution in [0.25, 0.3) is 0 Å². The minimum atomic E-state index is 0.791. The second kappa shape index (κ2) is 3.63. The van der Waals surface area contributed by atoms with Crippen LogP contribution in [0.4, 0.5) is 0 Å². The van der Waals surface area contributed by atoms with Gasteiger partial charge in [0.15, 0.2) is 0 Å². The number of nitrogens with zero attached hydrogens (tertiary/aromatic N) is 2. The van der Waals surface area contributed by atoms with Crippen molar-refractivity contribution in [2.75, 3.05) is 0 Å². The van der Waals surface area contributed by atoms with Gasteiger partial charge in [-0.3, -0.25) is 4.68 Å². The first-order chi connectivity index (χ1) is 7.34. The van der Waals surface area contributed by atoms with Crippen molar-refractivity contribution in [3.63, 3.8) is 0 Å². The Labute approximate surface area is 90.9 Å². The fraction of sp³-hybridized carbons (Fsp3) is 0.750. The van der Waals surface area contributed by atoms with E-state index < -0.39 is 0 Å². The van der Waals surface area contributed by atoms with Crippen LogP contribution in [-0.2, 0) is 26.4 Å². The summed E-state index contributed by atoms with van der Waals surface area (Å²) in [4.78, 5) is 0. The molecule has 0 radical (unpaired) electrons. The molecule has 1 aromatic heterocycles. The van der Waals surface area contributed by atoms with Gasteiger partial charge in [-0.25, -0.2) is 0 Å². The molecule has 0 aromatic carbocycles. The summed E-state index contributed by atoms with van der Waals surface area (Å²) in [7, 11) is 2.09. The third-order valence-corrected chi connectivity index (χ3v) is 3.58. The van der Waals surface area contributed by atoms with E-state index in [1.165, 1.54) is 55.5 Å². The number of nitrogens with one attached hydrogen (secondary N) is 1. The van der Waals surface area contributed by atoms with Crippen molar-refractivity contribution >= 4 is 0 Å². The van der Waals surface area contributed by atoms with Gasteiger partial charge in [-0.15, -0.1) is 0 Å². The molecule has 1 fully saturated rings. The largest absolute Gasteiger partial charge is 0.308 e. The Hall–Kier alpha value is -0.830. The lowest BCUT2D eigenvalue weighted by Crippen LogP contribution is -2.19. The van der Waals surface area contributed by atoms with Crippen LogP contribution in [0, 0.1) is 0 Å². The Balaban J connectivity index is 1.81. The van der Waals surface area contributed by atoms with Crippen LogP contribution in [0.2, 0.25) is 0 Å². The van der Waals surface area contributed by atoms with Crippen molar-refractivity contribution in [3.05, 3.63) is 17.0 Å². The minimum absolute atomic E-state index is 0.791. The summed E-state index contributed by atoms with van der Waals surface area (Å²) in [5.41, 5.74) is 4.32. The molecule has 15 heavy (non-hydrogen) atoms. The zero-order valence-electron chi connectivity index (χ0n) is 9.42. The van der Waals surface area contributed by atoms with Gasteiger partial charge in [0.1, 0.15) is 0 Å². The smallest absolute Gasteiger partial charge is 0.0659 e. The third kappa shape index (κ3) is 1.81. The zero-order chi connectivity index (χ0) is 10.3. The maximum absolute atomic E-state index is 4.63. The van der Waals surface area contributed by atoms with E-state index in [0.717, 1.165) is 12.6 Å². The minimum Gasteiger partial charge on any atom is -0.308 e. The first-order valence-electron chi connectivity index (χ1n) is 6.11. The van der Waals surface area contributed by atoms with Crippen molar-refractivity contribution in [2.24, 2.45) is 7.05 Å². The molecule has 82 valence electrons. The van der Waals surface area contributed by atoms with Crippen LogP contribution < -0.4 is 5.32 Å². The molecule has 3 nitrogen and oxygen atoms in total. The molecule has 0 saturated heterocycles. The van der Waals surface area contributed by atoms with Gasteiger partial charge < -0.3 is 5.32 Å². The average molecular weight is 205 g/mol. The van der Waals surface area contributed by atoms with Crippen LogP contribution in [0.5, 0.6) is 0 Å². The molecule has 0 bridgehead atoms. The third-order valence-electron chi connectivity index (χ3n) is 3.58. The lowest BCUT2D eigenvalue weighted by molar-refractivity contribution is 0.618. The molecule has 2 aliphatic rings. The lowest BCUT2D eigenvalue weighted by Gasteiger charge is -2.11. The van der Waals surface area contributed by atoms with Crippen LogP contribution in [-0.4, -0.2) is 15.8 Å². The zero-order valence-corrected chi connectivity index (χ0v) is 9.42. The van der Waals surface area contributed by atoms with E-state index in [1.54, 1.807) is 0 Å². The van der Waals surface area contributed by atoms with Crippen LogP contribution in [0.3, 0.4) is 0 Å². The first kappa shape index (κ1) is 9.40. The molecule has 0 unspecified atom stereocenters. The molecule has 2 aliphatic carbocycles. The summed E-state index contributed by atoms with van der Waals surface area (Å²) in [6.07, 6.45) is 7.81. The van der Waals surface area contributed by atoms with Crippen molar-refractivity contribution in [1.29, 1.82) is 0 Å². The molecule has 1 saturated carbocycles. The second-order valence-corrected chi connectivity index (χ2v) is 4.86. The Morgan fingerprint density at radius 1 is 1.33 bits per heavy atom. The fourth-order valence-electron chi connectivity index (χ4n) is 2.50. The van der Waals surface area contributed by atoms with Crippen molar-refractivity contribution in [1.82, 2.24) is 15.1 Å². The summed E-state index contributed by atoms with van der Waals surface area (Å²) in [6.45, 7) is 1.02. The van der Waals surface area contributed by atoms with Gasteiger partial charge in [0.2, 0.25) is 0 Å². The van der Waals surface area contributed by atoms with Crippen LogP contribution in [0.1, 0.15) is 42.6 Å². The Morgan fingerprint density at radius 2 is 2.13 bits per heavy atom. The molecule has 3 rings (SSSR count). The molecule has 0 atom stereocenters. The Bertz CT molecular complexity index is 363. The summed E-state index contributed by atoms with van der Waals surface area (Å²) in [5, 5.41) is 8.22. The quantitative estimate of drug-likeness (QED) is 0.811. The predicted molar refractivity (Wildman–Crippen MR) is 59.7 cm³/mol. The van der Waals surface area contributed by atoms with E-state index in [-0.39, 0.29) is 0 Å². The van der Waals surface area contributed by atoms with Gasteiger partial charge in [0.05, 0.1) is 11.4 Å². The maximum Gasteiger partial charge on any atom is 0.0659 e. The van der Waals surface area contributed by atoms with Gasteiger partial charge in [0.25, 0.3) is 0 Å². The maximum atomic E-state index is 4.63. The molecule has 1 aromatic rings. The van der Waals surface area contributed by atoms with E-state index >= 15 is 0 Å². The van der Waals surface area contributed by atoms with Crippen LogP contribution >= 0.6 is 0 Å². The van der Waals surface area contributed by atoms with Crippen molar-refractivity contribution in [3.8, 4) is 0 Å². The molecule has 3 heteroatoms. The van der Waals surface area contributed by atoms with E-state index in [0.29, 0.717) is 0 Å². The molecule has 0 spiro atoms. The first-order valence-corrected chi connectivity index (χ1v) is 6.11. The van der Waals surface area contributed by atoms with E-state index in [4.69, 9.17) is 0 Å². The number of hydrogen-bond acceptors (Lipinski definition) is 2. The average Bonchev–Trinajstić information content (AvgIpc) is 3.00. The summed E-state index contributed by atoms with van der Waals surface area (Å²) in [5.74, 6) is 0. The molecule has 0 aliphatic heterocycles. The normalized spacial score (nSPS) is 20.3. The standard InChI is InChI=1S/C12H19N3/c1-15-12(8-13-9-6-7-9)10-4-2-3-5-11(10)14-15/h9,13H,2-8H2,1H3. The Morgan fingerprint density at radius 3 is 2.93 bits per heavy atom. The highest BCUT2D eigenvalue weighted by Gasteiger charge is 2.23. The number of fused-ring (bicyclic) bond motifs is 1. The molecule has 1 heterocycles. The van der Waals surface area contributed by atoms with Crippen molar-refractivity contribution < 1.29 is 0 Å². The van der Waals surface area contributed by atoms with Crippen LogP contribution in [0.15, 0.2) is 0 Å². The topological polar surface area (TPSA) is 29.9 Å². The number of hydrogen-bond donors (Lipinski definition) is 1.